The molecule has 3 nitrogen and oxygen atoms in total. The Kier molecular flexibility index (Phi) is 8.91. The molecule has 0 saturated heterocycles. The molecule has 0 saturated carbocycles. The molecule has 0 atom stereocenters. The van der Waals surface area contributed by atoms with Crippen molar-refractivity contribution in [2.24, 2.45) is 0 Å². The van der Waals surface area contributed by atoms with Gasteiger partial charge in [-0.1, -0.05) is 158 Å². The highest BCUT2D eigenvalue weighted by Gasteiger charge is 2.22. The predicted molar refractivity (Wildman–Crippen MR) is 244 cm³/mol. The second kappa shape index (κ2) is 15.0. The van der Waals surface area contributed by atoms with Crippen molar-refractivity contribution in [1.82, 2.24) is 4.57 Å². The molecule has 0 aliphatic rings. The SMILES string of the molecule is N#Cc1ccc(N(c2ccc(C=Cc3ccc4c(c3)c(-c3ccccc3)c(-c3ccccc3)n4-c3cccc4ccccc34)cc2)c2ccc3ccccc3c2)cc1. The van der Waals surface area contributed by atoms with Gasteiger partial charge in [0.1, 0.15) is 0 Å². The summed E-state index contributed by atoms with van der Waals surface area (Å²) in [6.07, 6.45) is 4.40. The van der Waals surface area contributed by atoms with Gasteiger partial charge in [-0.25, -0.2) is 0 Å². The van der Waals surface area contributed by atoms with Gasteiger partial charge >= 0.3 is 0 Å². The highest BCUT2D eigenvalue weighted by molar-refractivity contribution is 6.08. The third-order valence-electron chi connectivity index (χ3n) is 11.0. The van der Waals surface area contributed by atoms with Crippen molar-refractivity contribution in [2.45, 2.75) is 0 Å². The number of nitriles is 1. The van der Waals surface area contributed by atoms with Crippen LogP contribution in [0.25, 0.3) is 72.7 Å². The minimum atomic E-state index is 0.637. The fraction of sp³-hybridized carbons (Fsp3) is 0. The van der Waals surface area contributed by atoms with Gasteiger partial charge in [-0.2, -0.15) is 5.26 Å². The van der Waals surface area contributed by atoms with E-state index in [0.29, 0.717) is 5.56 Å². The molecule has 0 amide bonds. The Balaban J connectivity index is 1.07. The van der Waals surface area contributed by atoms with E-state index in [4.69, 9.17) is 0 Å². The lowest BCUT2D eigenvalue weighted by Gasteiger charge is -2.26. The van der Waals surface area contributed by atoms with Gasteiger partial charge in [0.2, 0.25) is 0 Å². The highest BCUT2D eigenvalue weighted by Crippen LogP contribution is 2.44. The van der Waals surface area contributed by atoms with Gasteiger partial charge in [-0.3, -0.25) is 0 Å². The summed E-state index contributed by atoms with van der Waals surface area (Å²) < 4.78 is 2.46. The van der Waals surface area contributed by atoms with Crippen molar-refractivity contribution < 1.29 is 0 Å². The first-order valence-corrected chi connectivity index (χ1v) is 19.6. The summed E-state index contributed by atoms with van der Waals surface area (Å²) in [6, 6.07) is 77.3. The third kappa shape index (κ3) is 6.39. The normalized spacial score (nSPS) is 11.4. The lowest BCUT2D eigenvalue weighted by Crippen LogP contribution is -2.09. The van der Waals surface area contributed by atoms with E-state index in [1.165, 1.54) is 49.3 Å². The minimum Gasteiger partial charge on any atom is -0.310 e. The summed E-state index contributed by atoms with van der Waals surface area (Å²) in [5.74, 6) is 0. The maximum atomic E-state index is 9.47. The van der Waals surface area contributed by atoms with E-state index < -0.39 is 0 Å². The molecule has 1 heterocycles. The first-order valence-electron chi connectivity index (χ1n) is 19.6. The minimum absolute atomic E-state index is 0.637. The van der Waals surface area contributed by atoms with Gasteiger partial charge in [0.15, 0.2) is 0 Å². The fourth-order valence-electron chi connectivity index (χ4n) is 8.21. The van der Waals surface area contributed by atoms with Crippen molar-refractivity contribution >= 4 is 61.7 Å². The van der Waals surface area contributed by atoms with Gasteiger partial charge in [0.25, 0.3) is 0 Å². The maximum absolute atomic E-state index is 9.47. The molecular weight excluding hydrogens is 703 g/mol. The molecule has 0 unspecified atom stereocenters. The zero-order chi connectivity index (χ0) is 38.8. The molecule has 9 aromatic carbocycles. The molecule has 272 valence electrons. The molecule has 0 aliphatic heterocycles. The molecule has 1 aromatic heterocycles. The van der Waals surface area contributed by atoms with Crippen LogP contribution >= 0.6 is 0 Å². The molecule has 10 rings (SSSR count). The number of aromatic nitrogens is 1. The van der Waals surface area contributed by atoms with Crippen LogP contribution in [0.15, 0.2) is 212 Å². The van der Waals surface area contributed by atoms with E-state index in [-0.39, 0.29) is 0 Å². The number of fused-ring (bicyclic) bond motifs is 3. The molecule has 3 heteroatoms. The van der Waals surface area contributed by atoms with Gasteiger partial charge < -0.3 is 9.47 Å². The number of anilines is 3. The average molecular weight is 740 g/mol. The monoisotopic (exact) mass is 739 g/mol. The second-order valence-corrected chi connectivity index (χ2v) is 14.5. The average Bonchev–Trinajstić information content (AvgIpc) is 3.63. The molecule has 0 fully saturated rings. The van der Waals surface area contributed by atoms with E-state index in [1.54, 1.807) is 0 Å². The Morgan fingerprint density at radius 1 is 0.431 bits per heavy atom. The van der Waals surface area contributed by atoms with E-state index in [1.807, 2.05) is 24.3 Å². The lowest BCUT2D eigenvalue weighted by molar-refractivity contribution is 1.15. The summed E-state index contributed by atoms with van der Waals surface area (Å²) in [5, 5.41) is 15.5. The lowest BCUT2D eigenvalue weighted by atomic mass is 9.97. The number of hydrogen-bond acceptors (Lipinski definition) is 2. The number of hydrogen-bond donors (Lipinski definition) is 0. The Labute approximate surface area is 338 Å². The molecule has 0 radical (unpaired) electrons. The smallest absolute Gasteiger partial charge is 0.0991 e. The zero-order valence-electron chi connectivity index (χ0n) is 31.7. The number of benzene rings is 9. The van der Waals surface area contributed by atoms with Crippen LogP contribution in [0.2, 0.25) is 0 Å². The van der Waals surface area contributed by atoms with Crippen molar-refractivity contribution in [3.63, 3.8) is 0 Å². The van der Waals surface area contributed by atoms with Crippen molar-refractivity contribution in [2.75, 3.05) is 4.90 Å². The summed E-state index contributed by atoms with van der Waals surface area (Å²) >= 11 is 0. The van der Waals surface area contributed by atoms with Crippen molar-refractivity contribution in [3.05, 3.63) is 229 Å². The quantitative estimate of drug-likeness (QED) is 0.145. The second-order valence-electron chi connectivity index (χ2n) is 14.5. The fourth-order valence-corrected chi connectivity index (χ4v) is 8.21. The van der Waals surface area contributed by atoms with Gasteiger partial charge in [0.05, 0.1) is 28.5 Å². The van der Waals surface area contributed by atoms with Crippen LogP contribution in [0, 0.1) is 11.3 Å². The topological polar surface area (TPSA) is 32.0 Å². The molecule has 58 heavy (non-hydrogen) atoms. The van der Waals surface area contributed by atoms with Gasteiger partial charge in [0, 0.05) is 33.4 Å². The van der Waals surface area contributed by atoms with Gasteiger partial charge in [-0.05, 0) is 105 Å². The van der Waals surface area contributed by atoms with E-state index in [2.05, 4.69) is 216 Å². The van der Waals surface area contributed by atoms with Crippen LogP contribution in [0.1, 0.15) is 16.7 Å². The zero-order valence-corrected chi connectivity index (χ0v) is 31.7. The Morgan fingerprint density at radius 3 is 1.76 bits per heavy atom. The van der Waals surface area contributed by atoms with Crippen molar-refractivity contribution in [3.8, 4) is 34.1 Å². The van der Waals surface area contributed by atoms with Crippen LogP contribution in [0.3, 0.4) is 0 Å². The number of nitrogens with zero attached hydrogens (tertiary/aromatic N) is 3. The molecule has 0 spiro atoms. The standard InChI is InChI=1S/C55H37N3/c56-38-41-26-32-48(33-27-41)57(49-34-29-42-12-7-8-18-46(42)37-49)47-30-24-39(25-31-47)22-23-40-28-35-53-51(36-40)54(44-14-3-1-4-15-44)55(45-16-5-2-6-17-45)58(53)52-21-11-19-43-13-9-10-20-50(43)52/h1-37H. The van der Waals surface area contributed by atoms with Crippen LogP contribution in [-0.2, 0) is 0 Å². The largest absolute Gasteiger partial charge is 0.310 e. The molecular formula is C55H37N3. The van der Waals surface area contributed by atoms with Crippen LogP contribution < -0.4 is 4.90 Å². The Bertz CT molecular complexity index is 3150. The Hall–Kier alpha value is -7.93. The summed E-state index contributed by atoms with van der Waals surface area (Å²) in [5.41, 5.74) is 13.0. The van der Waals surface area contributed by atoms with E-state index >= 15 is 0 Å². The number of rotatable bonds is 8. The van der Waals surface area contributed by atoms with Crippen LogP contribution in [0.4, 0.5) is 17.1 Å². The first-order chi connectivity index (χ1) is 28.7. The molecule has 0 N–H and O–H groups in total. The molecule has 0 aliphatic carbocycles. The maximum Gasteiger partial charge on any atom is 0.0991 e. The summed E-state index contributed by atoms with van der Waals surface area (Å²) in [6.45, 7) is 0. The van der Waals surface area contributed by atoms with E-state index in [0.717, 1.165) is 39.4 Å². The summed E-state index contributed by atoms with van der Waals surface area (Å²) in [4.78, 5) is 2.24. The predicted octanol–water partition coefficient (Wildman–Crippen LogP) is 14.8. The summed E-state index contributed by atoms with van der Waals surface area (Å²) in [7, 11) is 0. The van der Waals surface area contributed by atoms with Gasteiger partial charge in [-0.15, -0.1) is 0 Å². The first kappa shape index (κ1) is 34.6. The molecule has 10 aromatic rings. The van der Waals surface area contributed by atoms with E-state index in [9.17, 15) is 5.26 Å². The molecule has 0 bridgehead atoms. The van der Waals surface area contributed by atoms with Crippen LogP contribution in [-0.4, -0.2) is 4.57 Å². The third-order valence-corrected chi connectivity index (χ3v) is 11.0. The Morgan fingerprint density at radius 2 is 1.02 bits per heavy atom. The highest BCUT2D eigenvalue weighted by atomic mass is 15.1. The van der Waals surface area contributed by atoms with Crippen molar-refractivity contribution in [1.29, 1.82) is 5.26 Å². The van der Waals surface area contributed by atoms with Crippen LogP contribution in [0.5, 0.6) is 0 Å².